The Bertz CT molecular complexity index is 1010. The highest BCUT2D eigenvalue weighted by Crippen LogP contribution is 2.47. The van der Waals surface area contributed by atoms with Gasteiger partial charge >= 0.3 is 6.18 Å². The molecule has 6 heteroatoms. The maximum Gasteiger partial charge on any atom is 0.416 e. The third-order valence-electron chi connectivity index (χ3n) is 8.68. The number of ether oxygens (including phenoxy) is 1. The summed E-state index contributed by atoms with van der Waals surface area (Å²) in [5.74, 6) is 0.642. The van der Waals surface area contributed by atoms with Crippen molar-refractivity contribution in [3.05, 3.63) is 58.7 Å². The molecule has 2 aromatic carbocycles. The molecule has 0 aromatic heterocycles. The van der Waals surface area contributed by atoms with Gasteiger partial charge in [0.05, 0.1) is 5.56 Å². The van der Waals surface area contributed by atoms with Crippen molar-refractivity contribution in [2.75, 3.05) is 0 Å². The predicted molar refractivity (Wildman–Crippen MR) is 136 cm³/mol. The van der Waals surface area contributed by atoms with Crippen LogP contribution in [-0.2, 0) is 12.6 Å². The minimum atomic E-state index is -4.46. The summed E-state index contributed by atoms with van der Waals surface area (Å²) in [7, 11) is 0. The first-order valence-corrected chi connectivity index (χ1v) is 14.0. The maximum absolute atomic E-state index is 14.7. The molecule has 0 atom stereocenters. The van der Waals surface area contributed by atoms with Crippen molar-refractivity contribution in [1.82, 2.24) is 0 Å². The molecular formula is C31H38F5O. The molecule has 2 saturated carbocycles. The van der Waals surface area contributed by atoms with E-state index in [1.807, 2.05) is 0 Å². The molecule has 203 valence electrons. The van der Waals surface area contributed by atoms with Gasteiger partial charge < -0.3 is 4.74 Å². The number of rotatable bonds is 8. The van der Waals surface area contributed by atoms with Gasteiger partial charge in [-0.05, 0) is 92.9 Å². The molecular weight excluding hydrogens is 483 g/mol. The van der Waals surface area contributed by atoms with E-state index in [9.17, 15) is 22.0 Å². The van der Waals surface area contributed by atoms with E-state index in [4.69, 9.17) is 4.74 Å². The fraction of sp³-hybridized carbons (Fsp3) is 0.613. The average Bonchev–Trinajstić information content (AvgIpc) is 2.90. The van der Waals surface area contributed by atoms with Crippen LogP contribution >= 0.6 is 0 Å². The van der Waals surface area contributed by atoms with Gasteiger partial charge in [0.15, 0.2) is 11.6 Å². The van der Waals surface area contributed by atoms with E-state index in [0.29, 0.717) is 11.5 Å². The summed E-state index contributed by atoms with van der Waals surface area (Å²) in [5.41, 5.74) is -0.165. The zero-order chi connectivity index (χ0) is 26.6. The van der Waals surface area contributed by atoms with Crippen molar-refractivity contribution in [2.24, 2.45) is 17.8 Å². The van der Waals surface area contributed by atoms with E-state index in [-0.39, 0.29) is 29.4 Å². The fourth-order valence-electron chi connectivity index (χ4n) is 6.49. The molecule has 2 fully saturated rings. The molecule has 0 heterocycles. The summed E-state index contributed by atoms with van der Waals surface area (Å²) in [5, 5.41) is 0. The van der Waals surface area contributed by atoms with E-state index in [1.165, 1.54) is 57.1 Å². The van der Waals surface area contributed by atoms with Crippen LogP contribution in [0.3, 0.4) is 0 Å². The molecule has 2 aliphatic rings. The number of halogens is 5. The predicted octanol–water partition coefficient (Wildman–Crippen LogP) is 10.4. The van der Waals surface area contributed by atoms with Gasteiger partial charge in [-0.2, -0.15) is 13.2 Å². The Kier molecular flexibility index (Phi) is 9.18. The third kappa shape index (κ3) is 6.67. The molecule has 2 aliphatic carbocycles. The third-order valence-corrected chi connectivity index (χ3v) is 8.68. The Hall–Kier alpha value is -2.11. The van der Waals surface area contributed by atoms with Crippen molar-refractivity contribution >= 4 is 0 Å². The van der Waals surface area contributed by atoms with Crippen LogP contribution in [0, 0.1) is 35.5 Å². The Morgan fingerprint density at radius 2 is 1.46 bits per heavy atom. The molecule has 0 spiro atoms. The zero-order valence-corrected chi connectivity index (χ0v) is 21.9. The van der Waals surface area contributed by atoms with Crippen molar-refractivity contribution in [3.8, 4) is 11.5 Å². The molecule has 1 radical (unpaired) electrons. The topological polar surface area (TPSA) is 9.23 Å². The first kappa shape index (κ1) is 27.9. The van der Waals surface area contributed by atoms with E-state index in [1.54, 1.807) is 6.92 Å². The van der Waals surface area contributed by atoms with Gasteiger partial charge in [0.25, 0.3) is 0 Å². The quantitative estimate of drug-likeness (QED) is 0.314. The van der Waals surface area contributed by atoms with Gasteiger partial charge in [-0.1, -0.05) is 46.0 Å². The molecule has 0 bridgehead atoms. The van der Waals surface area contributed by atoms with Crippen LogP contribution in [-0.4, -0.2) is 0 Å². The summed E-state index contributed by atoms with van der Waals surface area (Å²) in [6.07, 6.45) is 8.72. The molecule has 1 nitrogen and oxygen atoms in total. The number of alkyl halides is 3. The minimum Gasteiger partial charge on any atom is -0.457 e. The summed E-state index contributed by atoms with van der Waals surface area (Å²) >= 11 is 0. The van der Waals surface area contributed by atoms with Crippen LogP contribution in [0.25, 0.3) is 0 Å². The highest BCUT2D eigenvalue weighted by Gasteiger charge is 2.34. The number of hydrogen-bond donors (Lipinski definition) is 0. The SMILES string of the molecule is CCCC[C@H]1CC[C@H]([C@H]2CC[C@H](c3[c]c(F)c(F)c(CC)c3Oc3ccc(C(F)(F)F)cc3)CC2)CC1. The second-order valence-electron chi connectivity index (χ2n) is 11.0. The molecule has 0 saturated heterocycles. The molecule has 0 unspecified atom stereocenters. The Labute approximate surface area is 217 Å². The van der Waals surface area contributed by atoms with Crippen LogP contribution in [0.5, 0.6) is 11.5 Å². The van der Waals surface area contributed by atoms with E-state index in [2.05, 4.69) is 13.0 Å². The molecule has 0 N–H and O–H groups in total. The average molecular weight is 522 g/mol. The Balaban J connectivity index is 1.48. The van der Waals surface area contributed by atoms with Gasteiger partial charge in [0.2, 0.25) is 0 Å². The number of hydrogen-bond acceptors (Lipinski definition) is 1. The van der Waals surface area contributed by atoms with Crippen LogP contribution in [0.15, 0.2) is 24.3 Å². The smallest absolute Gasteiger partial charge is 0.416 e. The lowest BCUT2D eigenvalue weighted by Gasteiger charge is -2.38. The largest absolute Gasteiger partial charge is 0.457 e. The Morgan fingerprint density at radius 1 is 0.865 bits per heavy atom. The van der Waals surface area contributed by atoms with Crippen LogP contribution in [0.1, 0.15) is 107 Å². The van der Waals surface area contributed by atoms with Crippen molar-refractivity contribution < 1.29 is 26.7 Å². The second-order valence-corrected chi connectivity index (χ2v) is 11.0. The van der Waals surface area contributed by atoms with Crippen molar-refractivity contribution in [2.45, 2.75) is 103 Å². The van der Waals surface area contributed by atoms with Crippen molar-refractivity contribution in [3.63, 3.8) is 0 Å². The monoisotopic (exact) mass is 521 g/mol. The molecule has 0 amide bonds. The highest BCUT2D eigenvalue weighted by molar-refractivity contribution is 5.47. The van der Waals surface area contributed by atoms with Gasteiger partial charge in [0, 0.05) is 17.2 Å². The lowest BCUT2D eigenvalue weighted by molar-refractivity contribution is -0.137. The standard InChI is InChI=1S/C31H38F5O/c1-3-5-6-20-7-9-21(10-8-20)22-11-13-23(14-12-22)27-19-28(32)29(33)26(4-2)30(27)37-25-17-15-24(16-18-25)31(34,35)36/h15-18,20-23H,3-14H2,1-2H3/t20-,21-,22-,23-. The summed E-state index contributed by atoms with van der Waals surface area (Å²) in [6, 6.07) is 6.94. The fourth-order valence-corrected chi connectivity index (χ4v) is 6.49. The number of benzene rings is 2. The van der Waals surface area contributed by atoms with Gasteiger partial charge in [-0.15, -0.1) is 0 Å². The summed E-state index contributed by atoms with van der Waals surface area (Å²) < 4.78 is 74.1. The zero-order valence-electron chi connectivity index (χ0n) is 21.9. The first-order chi connectivity index (χ1) is 17.7. The molecule has 37 heavy (non-hydrogen) atoms. The summed E-state index contributed by atoms with van der Waals surface area (Å²) in [6.45, 7) is 3.97. The van der Waals surface area contributed by atoms with Crippen LogP contribution < -0.4 is 4.74 Å². The second kappa shape index (κ2) is 12.2. The molecule has 0 aliphatic heterocycles. The Morgan fingerprint density at radius 3 is 2.00 bits per heavy atom. The van der Waals surface area contributed by atoms with Crippen LogP contribution in [0.2, 0.25) is 0 Å². The van der Waals surface area contributed by atoms with Gasteiger partial charge in [0.1, 0.15) is 11.5 Å². The lowest BCUT2D eigenvalue weighted by atomic mass is 9.67. The number of unbranched alkanes of at least 4 members (excludes halogenated alkanes) is 1. The molecule has 4 rings (SSSR count). The van der Waals surface area contributed by atoms with Crippen LogP contribution in [0.4, 0.5) is 22.0 Å². The van der Waals surface area contributed by atoms with E-state index in [0.717, 1.165) is 49.7 Å². The summed E-state index contributed by atoms with van der Waals surface area (Å²) in [4.78, 5) is 0. The first-order valence-electron chi connectivity index (χ1n) is 14.0. The van der Waals surface area contributed by atoms with E-state index < -0.39 is 23.4 Å². The maximum atomic E-state index is 14.7. The molecule has 2 aromatic rings. The minimum absolute atomic E-state index is 0.0120. The van der Waals surface area contributed by atoms with Crippen molar-refractivity contribution in [1.29, 1.82) is 0 Å². The van der Waals surface area contributed by atoms with E-state index >= 15 is 0 Å². The normalized spacial score (nSPS) is 24.7. The lowest BCUT2D eigenvalue weighted by Crippen LogP contribution is -2.25. The highest BCUT2D eigenvalue weighted by atomic mass is 19.4. The van der Waals surface area contributed by atoms with Gasteiger partial charge in [-0.3, -0.25) is 0 Å². The van der Waals surface area contributed by atoms with Gasteiger partial charge in [-0.25, -0.2) is 8.78 Å².